The Balaban J connectivity index is 1.55. The van der Waals surface area contributed by atoms with Gasteiger partial charge in [0.2, 0.25) is 11.7 Å². The smallest absolute Gasteiger partial charge is 0.226 e. The number of thioether (sulfide) groups is 1. The number of nitrogens with zero attached hydrogens (tertiary/aromatic N) is 2. The second kappa shape index (κ2) is 7.06. The van der Waals surface area contributed by atoms with Gasteiger partial charge in [-0.2, -0.15) is 16.7 Å². The fourth-order valence-electron chi connectivity index (χ4n) is 2.28. The van der Waals surface area contributed by atoms with E-state index in [0.29, 0.717) is 18.1 Å². The third-order valence-electron chi connectivity index (χ3n) is 3.48. The molecule has 2 unspecified atom stereocenters. The van der Waals surface area contributed by atoms with Crippen molar-refractivity contribution in [3.8, 4) is 0 Å². The van der Waals surface area contributed by atoms with Crippen LogP contribution in [0.1, 0.15) is 35.8 Å². The van der Waals surface area contributed by atoms with Crippen molar-refractivity contribution in [1.82, 2.24) is 10.1 Å². The van der Waals surface area contributed by atoms with Gasteiger partial charge in [0.15, 0.2) is 0 Å². The number of benzene rings is 1. The van der Waals surface area contributed by atoms with E-state index in [9.17, 15) is 0 Å². The molecule has 1 aromatic heterocycles. The Labute approximate surface area is 128 Å². The lowest BCUT2D eigenvalue weighted by molar-refractivity contribution is 0.0677. The van der Waals surface area contributed by atoms with Crippen molar-refractivity contribution in [3.05, 3.63) is 47.6 Å². The summed E-state index contributed by atoms with van der Waals surface area (Å²) in [4.78, 5) is 4.43. The topological polar surface area (TPSA) is 74.2 Å². The first-order valence-electron chi connectivity index (χ1n) is 7.15. The number of rotatable bonds is 5. The summed E-state index contributed by atoms with van der Waals surface area (Å²) in [5.41, 5.74) is 7.30. The summed E-state index contributed by atoms with van der Waals surface area (Å²) in [5.74, 6) is 3.22. The Bertz CT molecular complexity index is 555. The van der Waals surface area contributed by atoms with E-state index in [2.05, 4.69) is 10.1 Å². The summed E-state index contributed by atoms with van der Waals surface area (Å²) < 4.78 is 10.9. The molecule has 1 aromatic carbocycles. The van der Waals surface area contributed by atoms with Crippen molar-refractivity contribution < 1.29 is 9.26 Å². The Morgan fingerprint density at radius 3 is 2.95 bits per heavy atom. The van der Waals surface area contributed by atoms with Crippen LogP contribution in [0.5, 0.6) is 0 Å². The van der Waals surface area contributed by atoms with E-state index in [-0.39, 0.29) is 12.1 Å². The summed E-state index contributed by atoms with van der Waals surface area (Å²) in [7, 11) is 0. The molecule has 21 heavy (non-hydrogen) atoms. The first kappa shape index (κ1) is 14.6. The quantitative estimate of drug-likeness (QED) is 0.915. The van der Waals surface area contributed by atoms with Crippen LogP contribution in [0.3, 0.4) is 0 Å². The summed E-state index contributed by atoms with van der Waals surface area (Å²) in [5, 5.41) is 4.03. The predicted molar refractivity (Wildman–Crippen MR) is 82.0 cm³/mol. The predicted octanol–water partition coefficient (Wildman–Crippen LogP) is 2.51. The van der Waals surface area contributed by atoms with Crippen LogP contribution in [-0.4, -0.2) is 28.3 Å². The van der Waals surface area contributed by atoms with Crippen molar-refractivity contribution in [2.75, 3.05) is 18.1 Å². The Morgan fingerprint density at radius 2 is 2.19 bits per heavy atom. The highest BCUT2D eigenvalue weighted by Gasteiger charge is 2.22. The van der Waals surface area contributed by atoms with Gasteiger partial charge in [0.25, 0.3) is 0 Å². The molecule has 1 aliphatic heterocycles. The minimum atomic E-state index is -0.0379. The van der Waals surface area contributed by atoms with Gasteiger partial charge >= 0.3 is 0 Å². The van der Waals surface area contributed by atoms with Crippen LogP contribution >= 0.6 is 11.8 Å². The first-order valence-corrected chi connectivity index (χ1v) is 8.31. The van der Waals surface area contributed by atoms with E-state index in [4.69, 9.17) is 15.0 Å². The van der Waals surface area contributed by atoms with Gasteiger partial charge in [0.1, 0.15) is 6.10 Å². The van der Waals surface area contributed by atoms with E-state index in [1.807, 2.05) is 42.1 Å². The number of aryl methyl sites for hydroxylation is 1. The molecule has 1 saturated heterocycles. The molecule has 2 aromatic rings. The zero-order valence-electron chi connectivity index (χ0n) is 11.8. The molecule has 2 atom stereocenters. The molecule has 3 rings (SSSR count). The first-order chi connectivity index (χ1) is 10.3. The molecule has 0 spiro atoms. The molecule has 112 valence electrons. The number of nitrogens with two attached hydrogens (primary N) is 1. The maximum atomic E-state index is 6.17. The molecule has 2 N–H and O–H groups in total. The number of hydrogen-bond donors (Lipinski definition) is 1. The third kappa shape index (κ3) is 3.84. The van der Waals surface area contributed by atoms with Crippen molar-refractivity contribution >= 4 is 11.8 Å². The fourth-order valence-corrected chi connectivity index (χ4v) is 3.12. The maximum absolute atomic E-state index is 6.17. The van der Waals surface area contributed by atoms with Crippen LogP contribution in [0, 0.1) is 0 Å². The third-order valence-corrected chi connectivity index (χ3v) is 4.48. The van der Waals surface area contributed by atoms with Crippen LogP contribution in [0.25, 0.3) is 0 Å². The number of aromatic nitrogens is 2. The van der Waals surface area contributed by atoms with E-state index in [1.54, 1.807) is 0 Å². The maximum Gasteiger partial charge on any atom is 0.226 e. The molecular weight excluding hydrogens is 286 g/mol. The Kier molecular flexibility index (Phi) is 4.90. The van der Waals surface area contributed by atoms with Gasteiger partial charge in [-0.1, -0.05) is 35.5 Å². The lowest BCUT2D eigenvalue weighted by Gasteiger charge is -2.18. The summed E-state index contributed by atoms with van der Waals surface area (Å²) >= 11 is 1.86. The molecule has 5 nitrogen and oxygen atoms in total. The van der Waals surface area contributed by atoms with Gasteiger partial charge in [-0.15, -0.1) is 0 Å². The SMILES string of the molecule is NC(CCc1nc(C2CSCCO2)no1)c1ccccc1. The molecule has 0 radical (unpaired) electrons. The normalized spacial score (nSPS) is 20.3. The Morgan fingerprint density at radius 1 is 1.33 bits per heavy atom. The summed E-state index contributed by atoms with van der Waals surface area (Å²) in [6, 6.07) is 10.1. The van der Waals surface area contributed by atoms with Gasteiger partial charge in [0.05, 0.1) is 6.61 Å². The lowest BCUT2D eigenvalue weighted by Crippen LogP contribution is -2.16. The zero-order valence-corrected chi connectivity index (χ0v) is 12.6. The fraction of sp³-hybridized carbons (Fsp3) is 0.467. The van der Waals surface area contributed by atoms with Gasteiger partial charge < -0.3 is 15.0 Å². The molecule has 1 fully saturated rings. The highest BCUT2D eigenvalue weighted by atomic mass is 32.2. The van der Waals surface area contributed by atoms with Gasteiger partial charge in [-0.3, -0.25) is 0 Å². The second-order valence-electron chi connectivity index (χ2n) is 5.04. The van der Waals surface area contributed by atoms with Crippen molar-refractivity contribution in [3.63, 3.8) is 0 Å². The average Bonchev–Trinajstić information content (AvgIpc) is 3.03. The highest BCUT2D eigenvalue weighted by Crippen LogP contribution is 2.25. The lowest BCUT2D eigenvalue weighted by atomic mass is 10.0. The minimum absolute atomic E-state index is 0.0111. The van der Waals surface area contributed by atoms with Crippen LogP contribution in [0.2, 0.25) is 0 Å². The standard InChI is InChI=1S/C15H19N3O2S/c16-12(11-4-2-1-3-5-11)6-7-14-17-15(18-20-14)13-10-21-9-8-19-13/h1-5,12-13H,6-10,16H2. The summed E-state index contributed by atoms with van der Waals surface area (Å²) in [6.07, 6.45) is 1.43. The van der Waals surface area contributed by atoms with Crippen molar-refractivity contribution in [2.24, 2.45) is 5.73 Å². The minimum Gasteiger partial charge on any atom is -0.368 e. The Hall–Kier alpha value is -1.37. The van der Waals surface area contributed by atoms with Crippen LogP contribution in [0.4, 0.5) is 0 Å². The molecule has 0 aliphatic carbocycles. The van der Waals surface area contributed by atoms with E-state index < -0.39 is 0 Å². The van der Waals surface area contributed by atoms with Crippen molar-refractivity contribution in [2.45, 2.75) is 25.0 Å². The molecule has 0 bridgehead atoms. The summed E-state index contributed by atoms with van der Waals surface area (Å²) in [6.45, 7) is 0.748. The molecular formula is C15H19N3O2S. The van der Waals surface area contributed by atoms with E-state index in [0.717, 1.165) is 30.1 Å². The molecule has 2 heterocycles. The number of hydrogen-bond acceptors (Lipinski definition) is 6. The molecule has 0 saturated carbocycles. The van der Waals surface area contributed by atoms with Gasteiger partial charge in [0, 0.05) is 24.0 Å². The monoisotopic (exact) mass is 305 g/mol. The van der Waals surface area contributed by atoms with E-state index >= 15 is 0 Å². The molecule has 6 heteroatoms. The van der Waals surface area contributed by atoms with Gasteiger partial charge in [-0.05, 0) is 12.0 Å². The van der Waals surface area contributed by atoms with Crippen LogP contribution in [0.15, 0.2) is 34.9 Å². The zero-order chi connectivity index (χ0) is 14.5. The average molecular weight is 305 g/mol. The highest BCUT2D eigenvalue weighted by molar-refractivity contribution is 7.99. The van der Waals surface area contributed by atoms with E-state index in [1.165, 1.54) is 0 Å². The molecule has 0 amide bonds. The van der Waals surface area contributed by atoms with Gasteiger partial charge in [-0.25, -0.2) is 0 Å². The molecule has 1 aliphatic rings. The van der Waals surface area contributed by atoms with Crippen LogP contribution in [-0.2, 0) is 11.2 Å². The van der Waals surface area contributed by atoms with Crippen molar-refractivity contribution in [1.29, 1.82) is 0 Å². The number of ether oxygens (including phenoxy) is 1. The largest absolute Gasteiger partial charge is 0.368 e. The van der Waals surface area contributed by atoms with Crippen LogP contribution < -0.4 is 5.73 Å². The second-order valence-corrected chi connectivity index (χ2v) is 6.19.